The van der Waals surface area contributed by atoms with Crippen LogP contribution >= 0.6 is 0 Å². The van der Waals surface area contributed by atoms with Gasteiger partial charge in [0, 0.05) is 0 Å². The van der Waals surface area contributed by atoms with Crippen LogP contribution in [0.4, 0.5) is 0 Å². The molecular weight excluding hydrogens is 935 g/mol. The summed E-state index contributed by atoms with van der Waals surface area (Å²) in [6, 6.07) is 33.5. The zero-order chi connectivity index (χ0) is 54.2. The van der Waals surface area contributed by atoms with E-state index in [9.17, 15) is 0 Å². The maximum atomic E-state index is 6.86. The number of rotatable bonds is 5. The third-order valence-corrected chi connectivity index (χ3v) is 19.1. The van der Waals surface area contributed by atoms with Crippen molar-refractivity contribution in [2.75, 3.05) is 0 Å². The first-order chi connectivity index (χ1) is 34.4. The van der Waals surface area contributed by atoms with E-state index >= 15 is 0 Å². The molecule has 10 nitrogen and oxygen atoms in total. The maximum Gasteiger partial charge on any atom is 0.494 e. The molecule has 6 aliphatic rings. The molecule has 5 aliphatic heterocycles. The Morgan fingerprint density at radius 3 is 0.360 bits per heavy atom. The van der Waals surface area contributed by atoms with Gasteiger partial charge in [0.15, 0.2) is 0 Å². The smallest absolute Gasteiger partial charge is 0.399 e. The van der Waals surface area contributed by atoms with Gasteiger partial charge in [0.2, 0.25) is 0 Å². The van der Waals surface area contributed by atoms with Crippen LogP contribution in [0, 0.1) is 0 Å². The van der Waals surface area contributed by atoms with E-state index in [0.717, 1.165) is 82.9 Å². The summed E-state index contributed by atoms with van der Waals surface area (Å²) in [6.45, 7) is 41.9. The predicted octanol–water partition coefficient (Wildman–Crippen LogP) is 9.83. The topological polar surface area (TPSA) is 92.3 Å². The minimum absolute atomic E-state index is 0.573. The highest BCUT2D eigenvalue weighted by atomic mass is 16.7. The molecule has 5 saturated heterocycles. The van der Waals surface area contributed by atoms with Gasteiger partial charge in [0.1, 0.15) is 0 Å². The standard InChI is InChI=1S/C60H75B5O10/c1-51(2)52(3,4)67-61(66-51)46-26-36-21-37(27-46)39-23-41(31-48(29-39)63-70-55(9,10)56(11,12)71-63)43-25-45(35-50(33-43)65-74-59(17,18)60(19,20)75-65)44-24-42(32-49(34-44)64-72-57(13,14)58(15,16)73-64)40-22-38(36)28-47(30-40)62-68-53(5,6)54(7,8)69-62/h21-35H,1-20H3. The van der Waals surface area contributed by atoms with Gasteiger partial charge >= 0.3 is 35.6 Å². The molecule has 11 rings (SSSR count). The first kappa shape index (κ1) is 53.0. The lowest BCUT2D eigenvalue weighted by molar-refractivity contribution is 0.00578. The molecule has 0 amide bonds. The van der Waals surface area contributed by atoms with Crippen molar-refractivity contribution in [1.82, 2.24) is 0 Å². The summed E-state index contributed by atoms with van der Waals surface area (Å²) >= 11 is 0. The van der Waals surface area contributed by atoms with E-state index in [1.807, 2.05) is 0 Å². The van der Waals surface area contributed by atoms with Gasteiger partial charge in [0.05, 0.1) is 56.0 Å². The molecule has 5 heterocycles. The van der Waals surface area contributed by atoms with Gasteiger partial charge in [0.25, 0.3) is 0 Å². The average molecular weight is 1010 g/mol. The second-order valence-electron chi connectivity index (χ2n) is 27.2. The Balaban J connectivity index is 1.23. The van der Waals surface area contributed by atoms with Crippen molar-refractivity contribution in [3.8, 4) is 55.6 Å². The van der Waals surface area contributed by atoms with E-state index in [0.29, 0.717) is 0 Å². The Labute approximate surface area is 448 Å². The largest absolute Gasteiger partial charge is 0.494 e. The predicted molar refractivity (Wildman–Crippen MR) is 306 cm³/mol. The van der Waals surface area contributed by atoms with E-state index < -0.39 is 91.6 Å². The van der Waals surface area contributed by atoms with Crippen molar-refractivity contribution >= 4 is 62.9 Å². The second-order valence-corrected chi connectivity index (χ2v) is 27.2. The lowest BCUT2D eigenvalue weighted by Crippen LogP contribution is -2.41. The minimum Gasteiger partial charge on any atom is -0.399 e. The van der Waals surface area contributed by atoms with Crippen LogP contribution in [0.15, 0.2) is 91.0 Å². The number of benzene rings is 5. The number of hydrogen-bond acceptors (Lipinski definition) is 10. The Morgan fingerprint density at radius 2 is 0.267 bits per heavy atom. The molecule has 390 valence electrons. The minimum atomic E-state index is -0.648. The van der Waals surface area contributed by atoms with Gasteiger partial charge in [-0.25, -0.2) is 0 Å². The molecule has 10 bridgehead atoms. The summed E-state index contributed by atoms with van der Waals surface area (Å²) in [5.74, 6) is 0. The summed E-state index contributed by atoms with van der Waals surface area (Å²) in [5, 5.41) is 0. The van der Waals surface area contributed by atoms with Crippen LogP contribution < -0.4 is 27.3 Å². The van der Waals surface area contributed by atoms with Gasteiger partial charge in [-0.2, -0.15) is 0 Å². The van der Waals surface area contributed by atoms with Crippen LogP contribution in [0.25, 0.3) is 55.6 Å². The first-order valence-corrected chi connectivity index (χ1v) is 27.0. The van der Waals surface area contributed by atoms with Crippen LogP contribution in [0.2, 0.25) is 0 Å². The lowest BCUT2D eigenvalue weighted by atomic mass is 9.73. The lowest BCUT2D eigenvalue weighted by Gasteiger charge is -2.32. The van der Waals surface area contributed by atoms with Crippen molar-refractivity contribution in [3.63, 3.8) is 0 Å². The molecule has 5 aromatic carbocycles. The number of hydrogen-bond donors (Lipinski definition) is 0. The van der Waals surface area contributed by atoms with E-state index in [-0.39, 0.29) is 0 Å². The molecule has 0 aromatic heterocycles. The van der Waals surface area contributed by atoms with Crippen LogP contribution in [-0.4, -0.2) is 91.6 Å². The van der Waals surface area contributed by atoms with E-state index in [2.05, 4.69) is 229 Å². The van der Waals surface area contributed by atoms with Gasteiger partial charge in [-0.1, -0.05) is 60.7 Å². The average Bonchev–Trinajstić information content (AvgIpc) is 3.94. The highest BCUT2D eigenvalue weighted by Gasteiger charge is 2.56. The summed E-state index contributed by atoms with van der Waals surface area (Å²) in [5.41, 5.74) is 8.47. The molecule has 0 atom stereocenters. The van der Waals surface area contributed by atoms with Crippen molar-refractivity contribution in [1.29, 1.82) is 0 Å². The normalized spacial score (nSPS) is 24.4. The van der Waals surface area contributed by atoms with Crippen LogP contribution in [0.5, 0.6) is 0 Å². The van der Waals surface area contributed by atoms with E-state index in [1.165, 1.54) is 0 Å². The second kappa shape index (κ2) is 16.8. The van der Waals surface area contributed by atoms with Crippen LogP contribution in [0.3, 0.4) is 0 Å². The molecule has 5 fully saturated rings. The van der Waals surface area contributed by atoms with Crippen molar-refractivity contribution in [2.45, 2.75) is 194 Å². The summed E-state index contributed by atoms with van der Waals surface area (Å²) in [4.78, 5) is 0. The zero-order valence-electron chi connectivity index (χ0n) is 48.1. The Kier molecular flexibility index (Phi) is 11.9. The van der Waals surface area contributed by atoms with Gasteiger partial charge < -0.3 is 46.5 Å². The van der Waals surface area contributed by atoms with Crippen LogP contribution in [-0.2, 0) is 46.5 Å². The molecule has 0 radical (unpaired) electrons. The van der Waals surface area contributed by atoms with Gasteiger partial charge in [-0.15, -0.1) is 0 Å². The Bertz CT molecular complexity index is 2490. The maximum absolute atomic E-state index is 6.86. The molecule has 0 unspecified atom stereocenters. The molecular formula is C60H75B5O10. The van der Waals surface area contributed by atoms with Crippen molar-refractivity contribution < 1.29 is 46.5 Å². The highest BCUT2D eigenvalue weighted by molar-refractivity contribution is 6.64. The molecule has 15 heteroatoms. The highest BCUT2D eigenvalue weighted by Crippen LogP contribution is 2.44. The van der Waals surface area contributed by atoms with E-state index in [1.54, 1.807) is 0 Å². The molecule has 0 N–H and O–H groups in total. The molecule has 5 aromatic rings. The zero-order valence-corrected chi connectivity index (χ0v) is 48.1. The monoisotopic (exact) mass is 1010 g/mol. The summed E-state index contributed by atoms with van der Waals surface area (Å²) in [7, 11) is -3.24. The fraction of sp³-hybridized carbons (Fsp3) is 0.500. The molecule has 1 aliphatic carbocycles. The van der Waals surface area contributed by atoms with Crippen molar-refractivity contribution in [3.05, 3.63) is 91.0 Å². The first-order valence-electron chi connectivity index (χ1n) is 27.0. The Hall–Kier alpha value is -3.98. The molecule has 0 spiro atoms. The fourth-order valence-electron chi connectivity index (χ4n) is 10.5. The van der Waals surface area contributed by atoms with Crippen LogP contribution in [0.1, 0.15) is 138 Å². The van der Waals surface area contributed by atoms with E-state index in [4.69, 9.17) is 46.5 Å². The number of fused-ring (bicyclic) bond motifs is 15. The van der Waals surface area contributed by atoms with Gasteiger partial charge in [-0.3, -0.25) is 0 Å². The fourth-order valence-corrected chi connectivity index (χ4v) is 10.5. The summed E-state index contributed by atoms with van der Waals surface area (Å²) < 4.78 is 68.6. The quantitative estimate of drug-likeness (QED) is 0.156. The molecule has 75 heavy (non-hydrogen) atoms. The van der Waals surface area contributed by atoms with Gasteiger partial charge in [-0.05, 0) is 252 Å². The summed E-state index contributed by atoms with van der Waals surface area (Å²) in [6.07, 6.45) is 0. The third-order valence-electron chi connectivity index (χ3n) is 19.1. The third kappa shape index (κ3) is 8.88. The molecule has 0 saturated carbocycles. The Morgan fingerprint density at radius 1 is 0.173 bits per heavy atom. The van der Waals surface area contributed by atoms with Crippen molar-refractivity contribution in [2.24, 2.45) is 0 Å². The SMILES string of the molecule is CC1(C)OB(c2cc3cc(c2)-c2cc(B4OC(C)(C)C(C)(C)O4)cc(c2)-c2cc(B4OC(C)(C)C(C)(C)O4)cc(c2)-c2cc(B4OC(C)(C)C(C)(C)O4)cc(c2)-c2cc(B4OC(C)(C)C(C)(C)O4)cc-3c2)OC1(C)C.